The van der Waals surface area contributed by atoms with Crippen LogP contribution in [0.15, 0.2) is 73.3 Å². The zero-order valence-electron chi connectivity index (χ0n) is 12.8. The van der Waals surface area contributed by atoms with Crippen LogP contribution in [0.4, 0.5) is 0 Å². The SMILES string of the molecule is C/C(=C/Cn1ccnc1)c1ccc(Oc2ccc(Cl)cc2)cc1. The molecule has 116 valence electrons. The van der Waals surface area contributed by atoms with Crippen molar-refractivity contribution in [3.63, 3.8) is 0 Å². The van der Waals surface area contributed by atoms with Crippen molar-refractivity contribution < 1.29 is 4.74 Å². The van der Waals surface area contributed by atoms with E-state index < -0.39 is 0 Å². The molecule has 0 bridgehead atoms. The fraction of sp³-hybridized carbons (Fsp3) is 0.105. The van der Waals surface area contributed by atoms with Crippen LogP contribution in [0, 0.1) is 0 Å². The predicted octanol–water partition coefficient (Wildman–Crippen LogP) is 5.43. The van der Waals surface area contributed by atoms with Crippen molar-refractivity contribution in [2.24, 2.45) is 0 Å². The summed E-state index contributed by atoms with van der Waals surface area (Å²) in [5.74, 6) is 1.58. The number of halogens is 1. The minimum atomic E-state index is 0.700. The van der Waals surface area contributed by atoms with E-state index in [9.17, 15) is 0 Å². The molecule has 2 aromatic carbocycles. The Labute approximate surface area is 140 Å². The summed E-state index contributed by atoms with van der Waals surface area (Å²) in [6.07, 6.45) is 7.72. The van der Waals surface area contributed by atoms with Crippen LogP contribution in [-0.2, 0) is 6.54 Å². The standard InChI is InChI=1S/C19H17ClN2O/c1-15(10-12-22-13-11-21-14-22)16-2-6-18(7-3-16)23-19-8-4-17(20)5-9-19/h2-11,13-14H,12H2,1H3/b15-10-. The van der Waals surface area contributed by atoms with E-state index in [0.29, 0.717) is 5.02 Å². The maximum atomic E-state index is 5.87. The third kappa shape index (κ3) is 4.24. The lowest BCUT2D eigenvalue weighted by Gasteiger charge is -2.07. The van der Waals surface area contributed by atoms with Gasteiger partial charge in [0.1, 0.15) is 11.5 Å². The van der Waals surface area contributed by atoms with E-state index >= 15 is 0 Å². The number of allylic oxidation sites excluding steroid dienone is 2. The molecule has 4 heteroatoms. The second-order valence-corrected chi connectivity index (χ2v) is 5.66. The van der Waals surface area contributed by atoms with Gasteiger partial charge < -0.3 is 9.30 Å². The molecule has 0 aliphatic carbocycles. The van der Waals surface area contributed by atoms with Gasteiger partial charge in [0, 0.05) is 24.0 Å². The molecule has 0 N–H and O–H groups in total. The van der Waals surface area contributed by atoms with Crippen LogP contribution in [0.1, 0.15) is 12.5 Å². The number of imidazole rings is 1. The van der Waals surface area contributed by atoms with E-state index in [1.165, 1.54) is 11.1 Å². The number of ether oxygens (including phenoxy) is 1. The smallest absolute Gasteiger partial charge is 0.127 e. The molecule has 1 aromatic heterocycles. The second-order valence-electron chi connectivity index (χ2n) is 5.23. The molecule has 0 aliphatic rings. The molecule has 0 amide bonds. The minimum absolute atomic E-state index is 0.700. The van der Waals surface area contributed by atoms with Gasteiger partial charge in [0.2, 0.25) is 0 Å². The topological polar surface area (TPSA) is 27.1 Å². The maximum Gasteiger partial charge on any atom is 0.127 e. The van der Waals surface area contributed by atoms with Gasteiger partial charge in [-0.05, 0) is 54.5 Å². The molecule has 0 spiro atoms. The Kier molecular flexibility index (Phi) is 4.79. The van der Waals surface area contributed by atoms with Crippen LogP contribution >= 0.6 is 11.6 Å². The Bertz CT molecular complexity index is 775. The van der Waals surface area contributed by atoms with E-state index in [-0.39, 0.29) is 0 Å². The number of hydrogen-bond acceptors (Lipinski definition) is 2. The fourth-order valence-corrected chi connectivity index (χ4v) is 2.31. The molecule has 0 saturated heterocycles. The van der Waals surface area contributed by atoms with Crippen LogP contribution in [0.5, 0.6) is 11.5 Å². The van der Waals surface area contributed by atoms with Gasteiger partial charge >= 0.3 is 0 Å². The molecule has 1 heterocycles. The zero-order chi connectivity index (χ0) is 16.1. The molecule has 3 nitrogen and oxygen atoms in total. The van der Waals surface area contributed by atoms with Gasteiger partial charge in [0.15, 0.2) is 0 Å². The molecule has 3 rings (SSSR count). The highest BCUT2D eigenvalue weighted by Crippen LogP contribution is 2.25. The Morgan fingerprint density at radius 1 is 1.09 bits per heavy atom. The zero-order valence-corrected chi connectivity index (χ0v) is 13.6. The largest absolute Gasteiger partial charge is 0.457 e. The van der Waals surface area contributed by atoms with Gasteiger partial charge in [-0.25, -0.2) is 4.98 Å². The van der Waals surface area contributed by atoms with Crippen molar-refractivity contribution in [2.45, 2.75) is 13.5 Å². The highest BCUT2D eigenvalue weighted by atomic mass is 35.5. The number of rotatable bonds is 5. The van der Waals surface area contributed by atoms with E-state index in [1.54, 1.807) is 6.20 Å². The molecule has 3 aromatic rings. The molecular formula is C19H17ClN2O. The van der Waals surface area contributed by atoms with E-state index in [1.807, 2.05) is 53.5 Å². The van der Waals surface area contributed by atoms with E-state index in [0.717, 1.165) is 18.0 Å². The Morgan fingerprint density at radius 2 is 1.74 bits per heavy atom. The summed E-state index contributed by atoms with van der Waals surface area (Å²) in [6, 6.07) is 15.4. The summed E-state index contributed by atoms with van der Waals surface area (Å²) in [4.78, 5) is 4.04. The van der Waals surface area contributed by atoms with Crippen molar-refractivity contribution in [2.75, 3.05) is 0 Å². The maximum absolute atomic E-state index is 5.87. The summed E-state index contributed by atoms with van der Waals surface area (Å²) in [6.45, 7) is 2.92. The van der Waals surface area contributed by atoms with Gasteiger partial charge in [-0.2, -0.15) is 0 Å². The van der Waals surface area contributed by atoms with Crippen molar-refractivity contribution >= 4 is 17.2 Å². The van der Waals surface area contributed by atoms with Crippen molar-refractivity contribution in [1.29, 1.82) is 0 Å². The summed E-state index contributed by atoms with van der Waals surface area (Å²) < 4.78 is 7.83. The predicted molar refractivity (Wildman–Crippen MR) is 93.8 cm³/mol. The molecular weight excluding hydrogens is 308 g/mol. The molecule has 23 heavy (non-hydrogen) atoms. The van der Waals surface area contributed by atoms with E-state index in [4.69, 9.17) is 16.3 Å². The first kappa shape index (κ1) is 15.4. The van der Waals surface area contributed by atoms with Crippen LogP contribution in [0.2, 0.25) is 5.02 Å². The van der Waals surface area contributed by atoms with Gasteiger partial charge in [-0.3, -0.25) is 0 Å². The Hall–Kier alpha value is -2.52. The van der Waals surface area contributed by atoms with Crippen molar-refractivity contribution in [3.8, 4) is 11.5 Å². The van der Waals surface area contributed by atoms with Crippen LogP contribution in [0.25, 0.3) is 5.57 Å². The van der Waals surface area contributed by atoms with Crippen LogP contribution in [0.3, 0.4) is 0 Å². The summed E-state index contributed by atoms with van der Waals surface area (Å²) in [5, 5.41) is 0.700. The molecule has 0 fully saturated rings. The lowest BCUT2D eigenvalue weighted by atomic mass is 10.1. The molecule has 0 aliphatic heterocycles. The fourth-order valence-electron chi connectivity index (χ4n) is 2.18. The van der Waals surface area contributed by atoms with Crippen molar-refractivity contribution in [1.82, 2.24) is 9.55 Å². The first-order chi connectivity index (χ1) is 11.2. The average molecular weight is 325 g/mol. The average Bonchev–Trinajstić information content (AvgIpc) is 3.09. The lowest BCUT2D eigenvalue weighted by Crippen LogP contribution is -1.91. The number of aromatic nitrogens is 2. The van der Waals surface area contributed by atoms with Gasteiger partial charge in [0.05, 0.1) is 6.33 Å². The second kappa shape index (κ2) is 7.16. The summed E-state index contributed by atoms with van der Waals surface area (Å²) in [5.41, 5.74) is 2.39. The lowest BCUT2D eigenvalue weighted by molar-refractivity contribution is 0.482. The van der Waals surface area contributed by atoms with Crippen LogP contribution in [-0.4, -0.2) is 9.55 Å². The minimum Gasteiger partial charge on any atom is -0.457 e. The highest BCUT2D eigenvalue weighted by Gasteiger charge is 2.00. The molecule has 0 atom stereocenters. The molecule has 0 unspecified atom stereocenters. The van der Waals surface area contributed by atoms with E-state index in [2.05, 4.69) is 30.1 Å². The number of hydrogen-bond donors (Lipinski definition) is 0. The third-order valence-electron chi connectivity index (χ3n) is 3.53. The number of nitrogens with zero attached hydrogens (tertiary/aromatic N) is 2. The monoisotopic (exact) mass is 324 g/mol. The Morgan fingerprint density at radius 3 is 2.35 bits per heavy atom. The summed E-state index contributed by atoms with van der Waals surface area (Å²) in [7, 11) is 0. The van der Waals surface area contributed by atoms with Gasteiger partial charge in [-0.1, -0.05) is 29.8 Å². The molecule has 0 saturated carbocycles. The summed E-state index contributed by atoms with van der Waals surface area (Å²) >= 11 is 5.87. The van der Waals surface area contributed by atoms with Crippen molar-refractivity contribution in [3.05, 3.63) is 83.9 Å². The first-order valence-corrected chi connectivity index (χ1v) is 7.75. The normalized spacial score (nSPS) is 11.5. The third-order valence-corrected chi connectivity index (χ3v) is 3.78. The molecule has 0 radical (unpaired) electrons. The van der Waals surface area contributed by atoms with Crippen LogP contribution < -0.4 is 4.74 Å². The first-order valence-electron chi connectivity index (χ1n) is 7.37. The van der Waals surface area contributed by atoms with Gasteiger partial charge in [-0.15, -0.1) is 0 Å². The highest BCUT2D eigenvalue weighted by molar-refractivity contribution is 6.30. The van der Waals surface area contributed by atoms with Gasteiger partial charge in [0.25, 0.3) is 0 Å². The number of benzene rings is 2. The Balaban J connectivity index is 1.66. The quantitative estimate of drug-likeness (QED) is 0.625.